The van der Waals surface area contributed by atoms with Crippen LogP contribution in [0.15, 0.2) is 53.6 Å². The Hall–Kier alpha value is -2.04. The van der Waals surface area contributed by atoms with Crippen LogP contribution >= 0.6 is 23.2 Å². The number of carbonyl (C=O) groups is 1. The van der Waals surface area contributed by atoms with Gasteiger partial charge in [-0.2, -0.15) is 5.10 Å². The van der Waals surface area contributed by atoms with Crippen LogP contribution < -0.4 is 10.2 Å². The van der Waals surface area contributed by atoms with E-state index in [0.717, 1.165) is 5.56 Å². The number of hydrogen-bond donors (Lipinski definition) is 1. The van der Waals surface area contributed by atoms with Crippen LogP contribution in [0.5, 0.6) is 5.75 Å². The van der Waals surface area contributed by atoms with Gasteiger partial charge in [0.25, 0.3) is 5.91 Å². The molecule has 0 aromatic heterocycles. The van der Waals surface area contributed by atoms with Crippen molar-refractivity contribution in [2.75, 3.05) is 0 Å². The normalized spacial score (nSPS) is 12.1. The third kappa shape index (κ3) is 4.76. The van der Waals surface area contributed by atoms with Gasteiger partial charge in [-0.3, -0.25) is 4.79 Å². The molecule has 2 aromatic carbocycles. The summed E-state index contributed by atoms with van der Waals surface area (Å²) < 4.78 is 5.49. The zero-order chi connectivity index (χ0) is 15.9. The number of benzene rings is 2. The summed E-state index contributed by atoms with van der Waals surface area (Å²) in [5.41, 5.74) is 3.13. The Bertz CT molecular complexity index is 672. The zero-order valence-corrected chi connectivity index (χ0v) is 13.3. The van der Waals surface area contributed by atoms with Gasteiger partial charge in [-0.05, 0) is 37.3 Å². The van der Waals surface area contributed by atoms with Crippen molar-refractivity contribution in [1.29, 1.82) is 0 Å². The molecular weight excluding hydrogens is 323 g/mol. The summed E-state index contributed by atoms with van der Waals surface area (Å²) in [6, 6.07) is 14.0. The van der Waals surface area contributed by atoms with E-state index in [1.807, 2.05) is 12.1 Å². The second kappa shape index (κ2) is 7.82. The molecule has 1 N–H and O–H groups in total. The molecule has 1 amide bonds. The Kier molecular flexibility index (Phi) is 5.81. The topological polar surface area (TPSA) is 50.7 Å². The predicted octanol–water partition coefficient (Wildman–Crippen LogP) is 3.91. The summed E-state index contributed by atoms with van der Waals surface area (Å²) in [7, 11) is 0. The van der Waals surface area contributed by atoms with E-state index in [2.05, 4.69) is 10.5 Å². The van der Waals surface area contributed by atoms with Gasteiger partial charge >= 0.3 is 0 Å². The maximum Gasteiger partial charge on any atom is 0.280 e. The van der Waals surface area contributed by atoms with E-state index < -0.39 is 6.10 Å². The van der Waals surface area contributed by atoms with Crippen molar-refractivity contribution in [3.05, 3.63) is 64.1 Å². The summed E-state index contributed by atoms with van der Waals surface area (Å²) in [6.45, 7) is 1.63. The number of nitrogens with one attached hydrogen (secondary N) is 1. The third-order valence-corrected chi connectivity index (χ3v) is 3.38. The standard InChI is InChI=1S/C16H14Cl2N2O2/c1-11(22-14-8-6-13(17)7-9-14)16(21)20-19-10-12-4-2-3-5-15(12)18/h2-11H,1H3,(H,20,21)/t11-/m0/s1. The molecule has 0 bridgehead atoms. The Morgan fingerprint density at radius 2 is 1.86 bits per heavy atom. The fourth-order valence-electron chi connectivity index (χ4n) is 1.61. The fourth-order valence-corrected chi connectivity index (χ4v) is 1.92. The number of hydrazone groups is 1. The van der Waals surface area contributed by atoms with Crippen LogP contribution in [-0.4, -0.2) is 18.2 Å². The summed E-state index contributed by atoms with van der Waals surface area (Å²) in [5, 5.41) is 5.04. The van der Waals surface area contributed by atoms with Gasteiger partial charge in [0.15, 0.2) is 6.10 Å². The lowest BCUT2D eigenvalue weighted by atomic mass is 10.2. The second-order valence-electron chi connectivity index (χ2n) is 4.47. The van der Waals surface area contributed by atoms with Crippen molar-refractivity contribution in [3.8, 4) is 5.75 Å². The molecule has 0 unspecified atom stereocenters. The first-order valence-corrected chi connectivity index (χ1v) is 7.31. The highest BCUT2D eigenvalue weighted by molar-refractivity contribution is 6.33. The van der Waals surface area contributed by atoms with Gasteiger partial charge in [-0.1, -0.05) is 41.4 Å². The van der Waals surface area contributed by atoms with Crippen LogP contribution in [-0.2, 0) is 4.79 Å². The molecule has 4 nitrogen and oxygen atoms in total. The maximum atomic E-state index is 11.9. The van der Waals surface area contributed by atoms with Crippen molar-refractivity contribution >= 4 is 35.3 Å². The van der Waals surface area contributed by atoms with Gasteiger partial charge in [0.2, 0.25) is 0 Å². The Morgan fingerprint density at radius 1 is 1.18 bits per heavy atom. The summed E-state index contributed by atoms with van der Waals surface area (Å²) in [5.74, 6) is 0.195. The van der Waals surface area contributed by atoms with Crippen molar-refractivity contribution < 1.29 is 9.53 Å². The van der Waals surface area contributed by atoms with Crippen LogP contribution in [0.4, 0.5) is 0 Å². The molecular formula is C16H14Cl2N2O2. The fraction of sp³-hybridized carbons (Fsp3) is 0.125. The first kappa shape index (κ1) is 16.3. The van der Waals surface area contributed by atoms with Crippen molar-refractivity contribution in [3.63, 3.8) is 0 Å². The number of hydrogen-bond acceptors (Lipinski definition) is 3. The summed E-state index contributed by atoms with van der Waals surface area (Å²) >= 11 is 11.8. The van der Waals surface area contributed by atoms with Crippen molar-refractivity contribution in [2.24, 2.45) is 5.10 Å². The quantitative estimate of drug-likeness (QED) is 0.664. The average Bonchev–Trinajstić information content (AvgIpc) is 2.51. The van der Waals surface area contributed by atoms with E-state index >= 15 is 0 Å². The molecule has 0 saturated carbocycles. The SMILES string of the molecule is C[C@H](Oc1ccc(Cl)cc1)C(=O)NN=Cc1ccccc1Cl. The van der Waals surface area contributed by atoms with Crippen LogP contribution in [0.2, 0.25) is 10.0 Å². The molecule has 2 rings (SSSR count). The minimum atomic E-state index is -0.690. The lowest BCUT2D eigenvalue weighted by Crippen LogP contribution is -2.33. The first-order valence-electron chi connectivity index (χ1n) is 6.56. The maximum absolute atomic E-state index is 11.9. The van der Waals surface area contributed by atoms with Crippen molar-refractivity contribution in [2.45, 2.75) is 13.0 Å². The average molecular weight is 337 g/mol. The molecule has 0 aliphatic rings. The molecule has 0 fully saturated rings. The molecule has 6 heteroatoms. The molecule has 0 heterocycles. The summed E-state index contributed by atoms with van der Waals surface area (Å²) in [6.07, 6.45) is 0.791. The highest BCUT2D eigenvalue weighted by Gasteiger charge is 2.13. The zero-order valence-electron chi connectivity index (χ0n) is 11.8. The smallest absolute Gasteiger partial charge is 0.280 e. The molecule has 22 heavy (non-hydrogen) atoms. The molecule has 114 valence electrons. The van der Waals surface area contributed by atoms with Gasteiger partial charge in [0, 0.05) is 15.6 Å². The largest absolute Gasteiger partial charge is 0.481 e. The lowest BCUT2D eigenvalue weighted by Gasteiger charge is -2.12. The number of ether oxygens (including phenoxy) is 1. The Balaban J connectivity index is 1.89. The number of carbonyl (C=O) groups excluding carboxylic acids is 1. The molecule has 0 aliphatic carbocycles. The number of amides is 1. The van der Waals surface area contributed by atoms with E-state index in [4.69, 9.17) is 27.9 Å². The van der Waals surface area contributed by atoms with Crippen LogP contribution in [0.1, 0.15) is 12.5 Å². The second-order valence-corrected chi connectivity index (χ2v) is 5.31. The van der Waals surface area contributed by atoms with Crippen molar-refractivity contribution in [1.82, 2.24) is 5.43 Å². The van der Waals surface area contributed by atoms with E-state index in [0.29, 0.717) is 15.8 Å². The highest BCUT2D eigenvalue weighted by atomic mass is 35.5. The molecule has 0 saturated heterocycles. The van der Waals surface area contributed by atoms with Crippen LogP contribution in [0.25, 0.3) is 0 Å². The predicted molar refractivity (Wildman–Crippen MR) is 88.7 cm³/mol. The van der Waals surface area contributed by atoms with Crippen LogP contribution in [0.3, 0.4) is 0 Å². The number of rotatable bonds is 5. The van der Waals surface area contributed by atoms with E-state index in [9.17, 15) is 4.79 Å². The molecule has 0 aliphatic heterocycles. The molecule has 2 aromatic rings. The van der Waals surface area contributed by atoms with Gasteiger partial charge in [0.05, 0.1) is 6.21 Å². The monoisotopic (exact) mass is 336 g/mol. The Morgan fingerprint density at radius 3 is 2.55 bits per heavy atom. The molecule has 1 atom stereocenters. The first-order chi connectivity index (χ1) is 10.6. The number of halogens is 2. The van der Waals surface area contributed by atoms with E-state index in [1.165, 1.54) is 6.21 Å². The minimum absolute atomic E-state index is 0.363. The lowest BCUT2D eigenvalue weighted by molar-refractivity contribution is -0.127. The van der Waals surface area contributed by atoms with E-state index in [-0.39, 0.29) is 5.91 Å². The number of nitrogens with zero attached hydrogens (tertiary/aromatic N) is 1. The van der Waals surface area contributed by atoms with Gasteiger partial charge in [0.1, 0.15) is 5.75 Å². The third-order valence-electron chi connectivity index (χ3n) is 2.78. The van der Waals surface area contributed by atoms with E-state index in [1.54, 1.807) is 43.3 Å². The molecule has 0 spiro atoms. The molecule has 0 radical (unpaired) electrons. The Labute approximate surface area is 138 Å². The highest BCUT2D eigenvalue weighted by Crippen LogP contribution is 2.16. The van der Waals surface area contributed by atoms with Gasteiger partial charge in [-0.15, -0.1) is 0 Å². The minimum Gasteiger partial charge on any atom is -0.481 e. The van der Waals surface area contributed by atoms with Crippen LogP contribution in [0, 0.1) is 0 Å². The summed E-state index contributed by atoms with van der Waals surface area (Å²) in [4.78, 5) is 11.9. The van der Waals surface area contributed by atoms with Gasteiger partial charge in [-0.25, -0.2) is 5.43 Å². The van der Waals surface area contributed by atoms with Gasteiger partial charge < -0.3 is 4.74 Å².